The van der Waals surface area contributed by atoms with Crippen LogP contribution in [0.3, 0.4) is 0 Å². The number of aromatic hydroxyl groups is 2. The zero-order valence-electron chi connectivity index (χ0n) is 16.4. The van der Waals surface area contributed by atoms with Crippen molar-refractivity contribution in [2.24, 2.45) is 5.92 Å². The number of phenols is 2. The second kappa shape index (κ2) is 9.45. The molecule has 2 aromatic carbocycles. The van der Waals surface area contributed by atoms with Crippen LogP contribution in [0, 0.1) is 5.92 Å². The van der Waals surface area contributed by atoms with Crippen LogP contribution >= 0.6 is 0 Å². The molecule has 1 unspecified atom stereocenters. The van der Waals surface area contributed by atoms with E-state index >= 15 is 0 Å². The van der Waals surface area contributed by atoms with Gasteiger partial charge in [-0.2, -0.15) is 0 Å². The van der Waals surface area contributed by atoms with Crippen molar-refractivity contribution in [1.29, 1.82) is 0 Å². The molecule has 0 spiro atoms. The first-order valence-corrected chi connectivity index (χ1v) is 9.54. The second-order valence-electron chi connectivity index (χ2n) is 7.87. The van der Waals surface area contributed by atoms with E-state index < -0.39 is 0 Å². The molecular weight excluding hydrogens is 340 g/mol. The summed E-state index contributed by atoms with van der Waals surface area (Å²) in [6.07, 6.45) is 3.75. The van der Waals surface area contributed by atoms with Crippen molar-refractivity contribution in [2.75, 3.05) is 6.61 Å². The molecule has 4 heteroatoms. The second-order valence-corrected chi connectivity index (χ2v) is 7.87. The Hall–Kier alpha value is -2.49. The van der Waals surface area contributed by atoms with Crippen molar-refractivity contribution < 1.29 is 19.7 Å². The van der Waals surface area contributed by atoms with Gasteiger partial charge in [-0.15, -0.1) is 0 Å². The van der Waals surface area contributed by atoms with Crippen LogP contribution in [0.15, 0.2) is 48.5 Å². The van der Waals surface area contributed by atoms with Gasteiger partial charge in [0.2, 0.25) is 0 Å². The average Bonchev–Trinajstić information content (AvgIpc) is 2.64. The third kappa shape index (κ3) is 6.31. The number of ether oxygens (including phenoxy) is 1. The summed E-state index contributed by atoms with van der Waals surface area (Å²) in [5, 5.41) is 19.8. The number of hydrogen-bond acceptors (Lipinski definition) is 4. The van der Waals surface area contributed by atoms with Crippen LogP contribution in [0.1, 0.15) is 62.4 Å². The van der Waals surface area contributed by atoms with Crippen molar-refractivity contribution in [3.05, 3.63) is 59.7 Å². The van der Waals surface area contributed by atoms with E-state index in [0.717, 1.165) is 31.2 Å². The molecule has 4 nitrogen and oxygen atoms in total. The molecule has 0 heterocycles. The molecule has 0 saturated heterocycles. The fourth-order valence-electron chi connectivity index (χ4n) is 3.25. The van der Waals surface area contributed by atoms with Gasteiger partial charge in [-0.1, -0.05) is 51.8 Å². The predicted octanol–water partition coefficient (Wildman–Crippen LogP) is 5.43. The monoisotopic (exact) mass is 370 g/mol. The molecule has 0 aliphatic carbocycles. The van der Waals surface area contributed by atoms with Crippen LogP contribution in [0.4, 0.5) is 0 Å². The van der Waals surface area contributed by atoms with Crippen LogP contribution < -0.4 is 0 Å². The summed E-state index contributed by atoms with van der Waals surface area (Å²) < 4.78 is 5.34. The Bertz CT molecular complexity index is 737. The molecule has 0 aliphatic heterocycles. The molecule has 0 aromatic heterocycles. The Balaban J connectivity index is 1.73. The Labute approximate surface area is 161 Å². The predicted molar refractivity (Wildman–Crippen MR) is 107 cm³/mol. The summed E-state index contributed by atoms with van der Waals surface area (Å²) >= 11 is 0. The number of phenolic OH excluding ortho intramolecular Hbond substituents is 2. The summed E-state index contributed by atoms with van der Waals surface area (Å²) in [5.41, 5.74) is 1.13. The maximum Gasteiger partial charge on any atom is 0.338 e. The molecule has 2 rings (SSSR count). The van der Waals surface area contributed by atoms with Gasteiger partial charge in [-0.25, -0.2) is 4.79 Å². The lowest BCUT2D eigenvalue weighted by atomic mass is 9.79. The molecule has 0 amide bonds. The SMILES string of the molecule is CC(CCCC(C)(C)c1cc(O)ccc1O)CCOC(=O)c1ccccc1. The van der Waals surface area contributed by atoms with Gasteiger partial charge in [-0.05, 0) is 54.5 Å². The number of benzene rings is 2. The van der Waals surface area contributed by atoms with Crippen molar-refractivity contribution in [3.8, 4) is 11.5 Å². The largest absolute Gasteiger partial charge is 0.508 e. The minimum Gasteiger partial charge on any atom is -0.508 e. The van der Waals surface area contributed by atoms with E-state index in [4.69, 9.17) is 4.74 Å². The molecule has 0 fully saturated rings. The first kappa shape index (κ1) is 20.8. The van der Waals surface area contributed by atoms with E-state index in [-0.39, 0.29) is 22.9 Å². The number of carbonyl (C=O) groups excluding carboxylic acids is 1. The van der Waals surface area contributed by atoms with Gasteiger partial charge in [0, 0.05) is 5.56 Å². The zero-order valence-corrected chi connectivity index (χ0v) is 16.4. The summed E-state index contributed by atoms with van der Waals surface area (Å²) in [6.45, 7) is 6.74. The van der Waals surface area contributed by atoms with E-state index in [1.165, 1.54) is 12.1 Å². The fourth-order valence-corrected chi connectivity index (χ4v) is 3.25. The minimum absolute atomic E-state index is 0.171. The van der Waals surface area contributed by atoms with Crippen molar-refractivity contribution in [1.82, 2.24) is 0 Å². The van der Waals surface area contributed by atoms with E-state index in [1.54, 1.807) is 18.2 Å². The maximum atomic E-state index is 11.9. The third-order valence-electron chi connectivity index (χ3n) is 5.06. The molecule has 0 aliphatic rings. The lowest BCUT2D eigenvalue weighted by molar-refractivity contribution is 0.0483. The van der Waals surface area contributed by atoms with Gasteiger partial charge in [0.25, 0.3) is 0 Å². The quantitative estimate of drug-likeness (QED) is 0.456. The van der Waals surface area contributed by atoms with E-state index in [0.29, 0.717) is 18.1 Å². The molecule has 2 aromatic rings. The molecule has 146 valence electrons. The standard InChI is InChI=1S/C23H30O4/c1-17(13-15-27-22(26)18-9-5-4-6-10-18)8-7-14-23(2,3)20-16-19(24)11-12-21(20)25/h4-6,9-12,16-17,24-25H,7-8,13-15H2,1-3H3. The van der Waals surface area contributed by atoms with Crippen LogP contribution in [-0.4, -0.2) is 22.8 Å². The Morgan fingerprint density at radius 3 is 2.48 bits per heavy atom. The van der Waals surface area contributed by atoms with E-state index in [2.05, 4.69) is 20.8 Å². The molecule has 0 radical (unpaired) electrons. The van der Waals surface area contributed by atoms with E-state index in [9.17, 15) is 15.0 Å². The number of rotatable bonds is 9. The van der Waals surface area contributed by atoms with Crippen LogP contribution in [0.2, 0.25) is 0 Å². The van der Waals surface area contributed by atoms with Crippen LogP contribution in [-0.2, 0) is 10.2 Å². The van der Waals surface area contributed by atoms with Crippen LogP contribution in [0.25, 0.3) is 0 Å². The van der Waals surface area contributed by atoms with Crippen molar-refractivity contribution >= 4 is 5.97 Å². The Kier molecular flexibility index (Phi) is 7.28. The normalized spacial score (nSPS) is 12.6. The lowest BCUT2D eigenvalue weighted by Gasteiger charge is -2.27. The van der Waals surface area contributed by atoms with Gasteiger partial charge in [0.1, 0.15) is 11.5 Å². The van der Waals surface area contributed by atoms with Crippen molar-refractivity contribution in [3.63, 3.8) is 0 Å². The first-order chi connectivity index (χ1) is 12.8. The van der Waals surface area contributed by atoms with Crippen LogP contribution in [0.5, 0.6) is 11.5 Å². The van der Waals surface area contributed by atoms with Crippen molar-refractivity contribution in [2.45, 2.75) is 51.9 Å². The number of esters is 1. The molecule has 27 heavy (non-hydrogen) atoms. The molecular formula is C23H30O4. The topological polar surface area (TPSA) is 66.8 Å². The summed E-state index contributed by atoms with van der Waals surface area (Å²) in [4.78, 5) is 11.9. The first-order valence-electron chi connectivity index (χ1n) is 9.54. The molecule has 0 bridgehead atoms. The third-order valence-corrected chi connectivity index (χ3v) is 5.06. The highest BCUT2D eigenvalue weighted by atomic mass is 16.5. The Morgan fingerprint density at radius 1 is 1.07 bits per heavy atom. The lowest BCUT2D eigenvalue weighted by Crippen LogP contribution is -2.17. The Morgan fingerprint density at radius 2 is 1.78 bits per heavy atom. The maximum absolute atomic E-state index is 11.9. The minimum atomic E-state index is -0.275. The fraction of sp³-hybridized carbons (Fsp3) is 0.435. The highest BCUT2D eigenvalue weighted by Crippen LogP contribution is 2.37. The highest BCUT2D eigenvalue weighted by Gasteiger charge is 2.24. The molecule has 0 saturated carbocycles. The molecule has 2 N–H and O–H groups in total. The van der Waals surface area contributed by atoms with Gasteiger partial charge < -0.3 is 14.9 Å². The smallest absolute Gasteiger partial charge is 0.338 e. The van der Waals surface area contributed by atoms with E-state index in [1.807, 2.05) is 18.2 Å². The zero-order chi connectivity index (χ0) is 19.9. The van der Waals surface area contributed by atoms with Gasteiger partial charge in [0.05, 0.1) is 12.2 Å². The molecule has 1 atom stereocenters. The highest BCUT2D eigenvalue weighted by molar-refractivity contribution is 5.89. The number of hydrogen-bond donors (Lipinski definition) is 2. The average molecular weight is 370 g/mol. The van der Waals surface area contributed by atoms with Gasteiger partial charge in [0.15, 0.2) is 0 Å². The summed E-state index contributed by atoms with van der Waals surface area (Å²) in [6, 6.07) is 13.7. The number of carbonyl (C=O) groups is 1. The summed E-state index contributed by atoms with van der Waals surface area (Å²) in [5.74, 6) is 0.564. The summed E-state index contributed by atoms with van der Waals surface area (Å²) in [7, 11) is 0. The van der Waals surface area contributed by atoms with Gasteiger partial charge >= 0.3 is 5.97 Å². The van der Waals surface area contributed by atoms with Gasteiger partial charge in [-0.3, -0.25) is 0 Å².